The molecule has 0 aliphatic rings. The molecule has 2 aromatic rings. The number of rotatable bonds is 7. The van der Waals surface area contributed by atoms with Crippen LogP contribution in [-0.4, -0.2) is 16.3 Å². The summed E-state index contributed by atoms with van der Waals surface area (Å²) in [5.74, 6) is 0.621. The van der Waals surface area contributed by atoms with Gasteiger partial charge in [-0.25, -0.2) is 0 Å². The van der Waals surface area contributed by atoms with Crippen molar-refractivity contribution in [1.82, 2.24) is 0 Å². The second-order valence-corrected chi connectivity index (χ2v) is 5.38. The summed E-state index contributed by atoms with van der Waals surface area (Å²) in [6, 6.07) is 14.2. The number of phenols is 1. The van der Waals surface area contributed by atoms with Gasteiger partial charge in [-0.3, -0.25) is 0 Å². The highest BCUT2D eigenvalue weighted by atomic mass is 35.5. The Kier molecular flexibility index (Phi) is 7.89. The molecule has 2 aromatic carbocycles. The summed E-state index contributed by atoms with van der Waals surface area (Å²) in [5, 5.41) is 20.1. The van der Waals surface area contributed by atoms with Crippen molar-refractivity contribution in [2.45, 2.75) is 38.5 Å². The number of ether oxygens (including phenoxy) is 1. The average Bonchev–Trinajstić information content (AvgIpc) is 2.53. The van der Waals surface area contributed by atoms with E-state index in [9.17, 15) is 10.2 Å². The quantitative estimate of drug-likeness (QED) is 0.722. The maximum absolute atomic E-state index is 10.1. The number of benzene rings is 2. The number of aromatic hydroxyl groups is 1. The Bertz CT molecular complexity index is 592. The summed E-state index contributed by atoms with van der Waals surface area (Å²) in [4.78, 5) is 0. The lowest BCUT2D eigenvalue weighted by Crippen LogP contribution is -2.26. The molecular formula is C18H24ClNO3. The number of hydrogen-bond donors (Lipinski definition) is 3. The van der Waals surface area contributed by atoms with Crippen LogP contribution in [0.5, 0.6) is 11.5 Å². The fourth-order valence-electron chi connectivity index (χ4n) is 2.32. The molecule has 0 aliphatic carbocycles. The normalized spacial score (nSPS) is 13.0. The van der Waals surface area contributed by atoms with Gasteiger partial charge in [0.2, 0.25) is 0 Å². The number of hydrogen-bond acceptors (Lipinski definition) is 4. The van der Waals surface area contributed by atoms with E-state index in [4.69, 9.17) is 10.5 Å². The van der Waals surface area contributed by atoms with Crippen LogP contribution in [0.1, 0.15) is 36.9 Å². The first-order valence-electron chi connectivity index (χ1n) is 7.55. The Morgan fingerprint density at radius 3 is 2.43 bits per heavy atom. The molecule has 126 valence electrons. The molecule has 0 saturated carbocycles. The maximum Gasteiger partial charge on any atom is 0.124 e. The van der Waals surface area contributed by atoms with Crippen molar-refractivity contribution >= 4 is 12.4 Å². The van der Waals surface area contributed by atoms with E-state index in [0.717, 1.165) is 12.0 Å². The molecule has 0 saturated heterocycles. The van der Waals surface area contributed by atoms with E-state index < -0.39 is 12.1 Å². The van der Waals surface area contributed by atoms with Gasteiger partial charge in [0.1, 0.15) is 18.1 Å². The number of aliphatic hydroxyl groups is 1. The zero-order valence-corrected chi connectivity index (χ0v) is 14.0. The van der Waals surface area contributed by atoms with E-state index in [2.05, 4.69) is 0 Å². The van der Waals surface area contributed by atoms with Crippen LogP contribution in [0.25, 0.3) is 0 Å². The fourth-order valence-corrected chi connectivity index (χ4v) is 2.32. The van der Waals surface area contributed by atoms with Crippen LogP contribution in [0, 0.1) is 0 Å². The van der Waals surface area contributed by atoms with Gasteiger partial charge in [0.15, 0.2) is 0 Å². The molecule has 0 fully saturated rings. The number of halogens is 1. The molecule has 0 aliphatic heterocycles. The Morgan fingerprint density at radius 2 is 1.83 bits per heavy atom. The summed E-state index contributed by atoms with van der Waals surface area (Å²) in [7, 11) is 0. The molecule has 0 radical (unpaired) electrons. The van der Waals surface area contributed by atoms with Gasteiger partial charge in [0.05, 0.1) is 12.1 Å². The number of phenolic OH excluding ortho intramolecular Hbond substituents is 1. The molecule has 0 heterocycles. The first-order valence-corrected chi connectivity index (χ1v) is 7.55. The number of nitrogens with two attached hydrogens (primary N) is 1. The van der Waals surface area contributed by atoms with E-state index in [-0.39, 0.29) is 18.2 Å². The van der Waals surface area contributed by atoms with Crippen molar-refractivity contribution in [3.8, 4) is 11.5 Å². The Labute approximate surface area is 143 Å². The Balaban J connectivity index is 0.00000264. The van der Waals surface area contributed by atoms with Crippen molar-refractivity contribution in [1.29, 1.82) is 0 Å². The van der Waals surface area contributed by atoms with Crippen molar-refractivity contribution < 1.29 is 14.9 Å². The van der Waals surface area contributed by atoms with Gasteiger partial charge in [0.25, 0.3) is 0 Å². The SMILES string of the molecule is CCC[C@@H](O)[C@@H](N)c1ccc(OCc2ccccc2)cc1O.Cl. The molecule has 2 atom stereocenters. The third-order valence-electron chi connectivity index (χ3n) is 3.61. The van der Waals surface area contributed by atoms with Gasteiger partial charge >= 0.3 is 0 Å². The van der Waals surface area contributed by atoms with Crippen molar-refractivity contribution in [3.05, 3.63) is 59.7 Å². The highest BCUT2D eigenvalue weighted by Crippen LogP contribution is 2.30. The smallest absolute Gasteiger partial charge is 0.124 e. The maximum atomic E-state index is 10.1. The van der Waals surface area contributed by atoms with Crippen molar-refractivity contribution in [3.63, 3.8) is 0 Å². The number of aliphatic hydroxyl groups excluding tert-OH is 1. The largest absolute Gasteiger partial charge is 0.507 e. The summed E-state index contributed by atoms with van der Waals surface area (Å²) >= 11 is 0. The van der Waals surface area contributed by atoms with E-state index in [1.54, 1.807) is 12.1 Å². The van der Waals surface area contributed by atoms with Crippen LogP contribution in [0.15, 0.2) is 48.5 Å². The third-order valence-corrected chi connectivity index (χ3v) is 3.61. The van der Waals surface area contributed by atoms with Gasteiger partial charge in [-0.1, -0.05) is 43.7 Å². The molecule has 0 spiro atoms. The second-order valence-electron chi connectivity index (χ2n) is 5.38. The molecule has 5 heteroatoms. The monoisotopic (exact) mass is 337 g/mol. The van der Waals surface area contributed by atoms with Crippen molar-refractivity contribution in [2.24, 2.45) is 5.73 Å². The molecule has 2 rings (SSSR count). The lowest BCUT2D eigenvalue weighted by Gasteiger charge is -2.20. The molecule has 23 heavy (non-hydrogen) atoms. The predicted molar refractivity (Wildman–Crippen MR) is 94.0 cm³/mol. The van der Waals surface area contributed by atoms with Crippen LogP contribution in [0.4, 0.5) is 0 Å². The second kappa shape index (κ2) is 9.40. The molecular weight excluding hydrogens is 314 g/mol. The predicted octanol–water partition coefficient (Wildman–Crippen LogP) is 3.55. The van der Waals surface area contributed by atoms with E-state index in [1.165, 1.54) is 6.07 Å². The van der Waals surface area contributed by atoms with Gasteiger partial charge in [-0.15, -0.1) is 12.4 Å². The molecule has 4 nitrogen and oxygen atoms in total. The highest BCUT2D eigenvalue weighted by molar-refractivity contribution is 5.85. The average molecular weight is 338 g/mol. The lowest BCUT2D eigenvalue weighted by atomic mass is 9.98. The minimum absolute atomic E-state index is 0. The Morgan fingerprint density at radius 1 is 1.13 bits per heavy atom. The summed E-state index contributed by atoms with van der Waals surface area (Å²) < 4.78 is 5.65. The van der Waals surface area contributed by atoms with E-state index >= 15 is 0 Å². The van der Waals surface area contributed by atoms with Crippen LogP contribution in [0.3, 0.4) is 0 Å². The highest BCUT2D eigenvalue weighted by Gasteiger charge is 2.19. The molecule has 0 bridgehead atoms. The van der Waals surface area contributed by atoms with Gasteiger partial charge in [-0.05, 0) is 24.1 Å². The first kappa shape index (κ1) is 19.3. The molecule has 0 aromatic heterocycles. The molecule has 0 unspecified atom stereocenters. The summed E-state index contributed by atoms with van der Waals surface area (Å²) in [5.41, 5.74) is 7.58. The molecule has 4 N–H and O–H groups in total. The van der Waals surface area contributed by atoms with Gasteiger partial charge < -0.3 is 20.7 Å². The van der Waals surface area contributed by atoms with Crippen LogP contribution in [0.2, 0.25) is 0 Å². The van der Waals surface area contributed by atoms with Gasteiger partial charge in [-0.2, -0.15) is 0 Å². The first-order chi connectivity index (χ1) is 10.6. The van der Waals surface area contributed by atoms with Crippen molar-refractivity contribution in [2.75, 3.05) is 0 Å². The summed E-state index contributed by atoms with van der Waals surface area (Å²) in [6.07, 6.45) is 0.785. The lowest BCUT2D eigenvalue weighted by molar-refractivity contribution is 0.133. The minimum Gasteiger partial charge on any atom is -0.507 e. The van der Waals surface area contributed by atoms with Crippen LogP contribution >= 0.6 is 12.4 Å². The third kappa shape index (κ3) is 5.43. The minimum atomic E-state index is -0.660. The summed E-state index contributed by atoms with van der Waals surface area (Å²) in [6.45, 7) is 2.42. The molecule has 0 amide bonds. The zero-order chi connectivity index (χ0) is 15.9. The van der Waals surface area contributed by atoms with E-state index in [1.807, 2.05) is 37.3 Å². The standard InChI is InChI=1S/C18H23NO3.ClH/c1-2-6-16(20)18(19)15-10-9-14(11-17(15)21)22-12-13-7-4-3-5-8-13;/h3-5,7-11,16,18,20-21H,2,6,12,19H2,1H3;1H/t16-,18+;/m1./s1. The Hall–Kier alpha value is -1.75. The fraction of sp³-hybridized carbons (Fsp3) is 0.333. The topological polar surface area (TPSA) is 75.7 Å². The van der Waals surface area contributed by atoms with E-state index in [0.29, 0.717) is 24.3 Å². The zero-order valence-electron chi connectivity index (χ0n) is 13.2. The van der Waals surface area contributed by atoms with Crippen LogP contribution < -0.4 is 10.5 Å². The van der Waals surface area contributed by atoms with Crippen LogP contribution in [-0.2, 0) is 6.61 Å². The van der Waals surface area contributed by atoms with Gasteiger partial charge in [0, 0.05) is 11.6 Å².